The Morgan fingerprint density at radius 1 is 1.10 bits per heavy atom. The second-order valence-corrected chi connectivity index (χ2v) is 7.03. The van der Waals surface area contributed by atoms with Crippen LogP contribution in [0.3, 0.4) is 0 Å². The van der Waals surface area contributed by atoms with Crippen molar-refractivity contribution in [1.29, 1.82) is 0 Å². The molecule has 1 saturated carbocycles. The molecule has 0 radical (unpaired) electrons. The molecule has 0 aromatic heterocycles. The molecule has 0 heterocycles. The van der Waals surface area contributed by atoms with Gasteiger partial charge in [-0.3, -0.25) is 4.90 Å². The summed E-state index contributed by atoms with van der Waals surface area (Å²) in [6.07, 6.45) is 6.48. The summed E-state index contributed by atoms with van der Waals surface area (Å²) in [7, 11) is 2.19. The van der Waals surface area contributed by atoms with Gasteiger partial charge in [-0.15, -0.1) is 0 Å². The van der Waals surface area contributed by atoms with Gasteiger partial charge in [-0.25, -0.2) is 0 Å². The molecule has 21 heavy (non-hydrogen) atoms. The van der Waals surface area contributed by atoms with E-state index in [1.54, 1.807) is 0 Å². The lowest BCUT2D eigenvalue weighted by Crippen LogP contribution is -2.43. The van der Waals surface area contributed by atoms with Crippen molar-refractivity contribution in [1.82, 2.24) is 4.90 Å². The normalized spacial score (nSPS) is 19.9. The molecule has 1 aromatic rings. The van der Waals surface area contributed by atoms with Crippen molar-refractivity contribution >= 4 is 0 Å². The van der Waals surface area contributed by atoms with Gasteiger partial charge in [-0.1, -0.05) is 63.4 Å². The van der Waals surface area contributed by atoms with Gasteiger partial charge in [0.25, 0.3) is 0 Å². The van der Waals surface area contributed by atoms with Gasteiger partial charge in [0.1, 0.15) is 0 Å². The van der Waals surface area contributed by atoms with E-state index in [2.05, 4.69) is 25.8 Å². The Hall–Kier alpha value is -0.860. The molecule has 2 atom stereocenters. The summed E-state index contributed by atoms with van der Waals surface area (Å²) in [6.45, 7) is 5.55. The Labute approximate surface area is 130 Å². The fraction of sp³-hybridized carbons (Fsp3) is 0.684. The quantitative estimate of drug-likeness (QED) is 0.846. The number of aliphatic hydroxyl groups excluding tert-OH is 1. The van der Waals surface area contributed by atoms with Gasteiger partial charge in [0.05, 0.1) is 6.10 Å². The number of benzene rings is 1. The average molecular weight is 289 g/mol. The zero-order valence-corrected chi connectivity index (χ0v) is 13.8. The van der Waals surface area contributed by atoms with Gasteiger partial charge in [-0.2, -0.15) is 0 Å². The van der Waals surface area contributed by atoms with Crippen molar-refractivity contribution in [2.45, 2.75) is 58.1 Å². The van der Waals surface area contributed by atoms with E-state index in [4.69, 9.17) is 0 Å². The molecule has 0 spiro atoms. The van der Waals surface area contributed by atoms with E-state index in [0.29, 0.717) is 5.92 Å². The van der Waals surface area contributed by atoms with Gasteiger partial charge in [-0.05, 0) is 37.3 Å². The summed E-state index contributed by atoms with van der Waals surface area (Å²) in [5.41, 5.74) is 1.03. The zero-order chi connectivity index (χ0) is 15.2. The summed E-state index contributed by atoms with van der Waals surface area (Å²) in [5, 5.41) is 10.8. The minimum Gasteiger partial charge on any atom is -0.387 e. The van der Waals surface area contributed by atoms with Crippen LogP contribution in [0.1, 0.15) is 57.6 Å². The molecule has 1 fully saturated rings. The topological polar surface area (TPSA) is 23.5 Å². The van der Waals surface area contributed by atoms with Gasteiger partial charge in [0.15, 0.2) is 0 Å². The Bertz CT molecular complexity index is 397. The maximum atomic E-state index is 10.8. The third-order valence-corrected chi connectivity index (χ3v) is 4.93. The lowest BCUT2D eigenvalue weighted by Gasteiger charge is -2.38. The SMILES string of the molecule is CC(C)C(C(O)c1ccccc1)N(C)CC1CCCCC1. The van der Waals surface area contributed by atoms with E-state index >= 15 is 0 Å². The molecule has 2 rings (SSSR count). The molecule has 118 valence electrons. The van der Waals surface area contributed by atoms with Crippen molar-refractivity contribution in [3.05, 3.63) is 35.9 Å². The van der Waals surface area contributed by atoms with Gasteiger partial charge >= 0.3 is 0 Å². The Morgan fingerprint density at radius 3 is 2.29 bits per heavy atom. The Morgan fingerprint density at radius 2 is 1.71 bits per heavy atom. The number of hydrogen-bond acceptors (Lipinski definition) is 2. The number of hydrogen-bond donors (Lipinski definition) is 1. The first kappa shape index (κ1) is 16.5. The maximum absolute atomic E-state index is 10.8. The summed E-state index contributed by atoms with van der Waals surface area (Å²) in [6, 6.07) is 10.3. The molecule has 1 aromatic carbocycles. The van der Waals surface area contributed by atoms with Crippen LogP contribution in [0.2, 0.25) is 0 Å². The highest BCUT2D eigenvalue weighted by Crippen LogP contribution is 2.29. The molecule has 0 aliphatic heterocycles. The second kappa shape index (κ2) is 7.95. The molecule has 2 unspecified atom stereocenters. The van der Waals surface area contributed by atoms with Crippen molar-refractivity contribution in [2.75, 3.05) is 13.6 Å². The molecule has 0 bridgehead atoms. The minimum absolute atomic E-state index is 0.189. The molecule has 1 N–H and O–H groups in total. The number of aliphatic hydroxyl groups is 1. The molecular weight excluding hydrogens is 258 g/mol. The maximum Gasteiger partial charge on any atom is 0.0947 e. The van der Waals surface area contributed by atoms with Crippen molar-refractivity contribution in [2.24, 2.45) is 11.8 Å². The average Bonchev–Trinajstić information content (AvgIpc) is 2.49. The third kappa shape index (κ3) is 4.55. The van der Waals surface area contributed by atoms with E-state index in [1.165, 1.54) is 32.1 Å². The van der Waals surface area contributed by atoms with Gasteiger partial charge in [0.2, 0.25) is 0 Å². The number of likely N-dealkylation sites (N-methyl/N-ethyl adjacent to an activating group) is 1. The lowest BCUT2D eigenvalue weighted by atomic mass is 9.87. The highest BCUT2D eigenvalue weighted by atomic mass is 16.3. The number of nitrogens with zero attached hydrogens (tertiary/aromatic N) is 1. The standard InChI is InChI=1S/C19H31NO/c1-15(2)18(19(21)17-12-8-5-9-13-17)20(3)14-16-10-6-4-7-11-16/h5,8-9,12-13,15-16,18-19,21H,4,6-7,10-11,14H2,1-3H3. The van der Waals surface area contributed by atoms with E-state index < -0.39 is 6.10 Å². The molecule has 1 aliphatic carbocycles. The van der Waals surface area contributed by atoms with E-state index in [9.17, 15) is 5.11 Å². The smallest absolute Gasteiger partial charge is 0.0947 e. The molecular formula is C19H31NO. The van der Waals surface area contributed by atoms with Crippen LogP contribution in [0.5, 0.6) is 0 Å². The van der Waals surface area contributed by atoms with Crippen LogP contribution < -0.4 is 0 Å². The summed E-state index contributed by atoms with van der Waals surface area (Å²) in [4.78, 5) is 2.40. The largest absolute Gasteiger partial charge is 0.387 e. The second-order valence-electron chi connectivity index (χ2n) is 7.03. The molecule has 0 saturated heterocycles. The first-order chi connectivity index (χ1) is 10.1. The van der Waals surface area contributed by atoms with E-state index in [0.717, 1.165) is 18.0 Å². The van der Waals surface area contributed by atoms with Crippen molar-refractivity contribution < 1.29 is 5.11 Å². The highest BCUT2D eigenvalue weighted by molar-refractivity contribution is 5.19. The fourth-order valence-electron chi connectivity index (χ4n) is 3.86. The first-order valence-corrected chi connectivity index (χ1v) is 8.53. The van der Waals surface area contributed by atoms with Crippen LogP contribution >= 0.6 is 0 Å². The highest BCUT2D eigenvalue weighted by Gasteiger charge is 2.29. The van der Waals surface area contributed by atoms with Crippen LogP contribution in [0.4, 0.5) is 0 Å². The summed E-state index contributed by atoms with van der Waals surface area (Å²) >= 11 is 0. The fourth-order valence-corrected chi connectivity index (χ4v) is 3.86. The minimum atomic E-state index is -0.403. The lowest BCUT2D eigenvalue weighted by molar-refractivity contribution is 0.0259. The predicted molar refractivity (Wildman–Crippen MR) is 89.2 cm³/mol. The molecule has 1 aliphatic rings. The number of rotatable bonds is 6. The van der Waals surface area contributed by atoms with E-state index in [1.807, 2.05) is 30.3 Å². The van der Waals surface area contributed by atoms with Crippen LogP contribution in [0.25, 0.3) is 0 Å². The van der Waals surface area contributed by atoms with Gasteiger partial charge < -0.3 is 5.11 Å². The zero-order valence-electron chi connectivity index (χ0n) is 13.8. The predicted octanol–water partition coefficient (Wildman–Crippen LogP) is 4.26. The monoisotopic (exact) mass is 289 g/mol. The molecule has 0 amide bonds. The van der Waals surface area contributed by atoms with Crippen molar-refractivity contribution in [3.8, 4) is 0 Å². The molecule has 2 heteroatoms. The van der Waals surface area contributed by atoms with Gasteiger partial charge in [0, 0.05) is 12.6 Å². The van der Waals surface area contributed by atoms with E-state index in [-0.39, 0.29) is 6.04 Å². The van der Waals surface area contributed by atoms with Crippen LogP contribution in [0.15, 0.2) is 30.3 Å². The van der Waals surface area contributed by atoms with Crippen molar-refractivity contribution in [3.63, 3.8) is 0 Å². The summed E-state index contributed by atoms with van der Waals surface area (Å²) in [5.74, 6) is 1.25. The van der Waals surface area contributed by atoms with Crippen LogP contribution in [0, 0.1) is 11.8 Å². The molecule has 2 nitrogen and oxygen atoms in total. The summed E-state index contributed by atoms with van der Waals surface area (Å²) < 4.78 is 0. The Kier molecular flexibility index (Phi) is 6.25. The Balaban J connectivity index is 2.03. The van der Waals surface area contributed by atoms with Crippen LogP contribution in [-0.4, -0.2) is 29.6 Å². The third-order valence-electron chi connectivity index (χ3n) is 4.93. The van der Waals surface area contributed by atoms with Crippen LogP contribution in [-0.2, 0) is 0 Å². The first-order valence-electron chi connectivity index (χ1n) is 8.53.